The molecule has 0 aliphatic heterocycles. The van der Waals surface area contributed by atoms with E-state index in [4.69, 9.17) is 0 Å². The van der Waals surface area contributed by atoms with Crippen molar-refractivity contribution < 1.29 is 0 Å². The lowest BCUT2D eigenvalue weighted by Gasteiger charge is -2.28. The first kappa shape index (κ1) is 43.4. The van der Waals surface area contributed by atoms with E-state index in [1.165, 1.54) is 93.1 Å². The highest BCUT2D eigenvalue weighted by Gasteiger charge is 2.38. The smallest absolute Gasteiger partial charge is 0.0561 e. The SMILES string of the molecule is CC1(C)c2cc(N(c3ccccc3)c3ccc4cc5c6ccc(N(c7ccccc7)c7ccc8c(c7)C(C)(C)c7cc9ccccc9cc7-8)cc6n(-c6ccccc6)c5cc4c3)ccc2-c2cc3ccccc3cc21. The second kappa shape index (κ2) is 16.2. The minimum Gasteiger partial charge on any atom is -0.310 e. The van der Waals surface area contributed by atoms with Crippen LogP contribution in [0, 0.1) is 0 Å². The molecule has 2 aliphatic carbocycles. The minimum atomic E-state index is -0.169. The summed E-state index contributed by atoms with van der Waals surface area (Å²) in [5.74, 6) is 0. The Kier molecular flexibility index (Phi) is 9.35. The zero-order valence-corrected chi connectivity index (χ0v) is 42.5. The number of benzene rings is 12. The van der Waals surface area contributed by atoms with Crippen LogP contribution < -0.4 is 9.80 Å². The molecule has 3 nitrogen and oxygen atoms in total. The number of fused-ring (bicyclic) bond motifs is 12. The third-order valence-electron chi connectivity index (χ3n) is 16.8. The molecule has 0 N–H and O–H groups in total. The maximum Gasteiger partial charge on any atom is 0.0561 e. The summed E-state index contributed by atoms with van der Waals surface area (Å²) >= 11 is 0. The maximum atomic E-state index is 2.47. The van der Waals surface area contributed by atoms with Crippen LogP contribution in [0.3, 0.4) is 0 Å². The Labute approximate surface area is 437 Å². The zero-order chi connectivity index (χ0) is 50.2. The summed E-state index contributed by atoms with van der Waals surface area (Å²) < 4.78 is 2.47. The summed E-state index contributed by atoms with van der Waals surface area (Å²) in [4.78, 5) is 4.86. The van der Waals surface area contributed by atoms with E-state index in [0.29, 0.717) is 0 Å². The first-order valence-corrected chi connectivity index (χ1v) is 26.3. The maximum absolute atomic E-state index is 2.47. The molecule has 0 saturated carbocycles. The quantitative estimate of drug-likeness (QED) is 0.158. The molecule has 12 aromatic carbocycles. The number of aromatic nitrogens is 1. The van der Waals surface area contributed by atoms with Gasteiger partial charge in [-0.05, 0) is 198 Å². The van der Waals surface area contributed by atoms with Crippen molar-refractivity contribution in [3.05, 3.63) is 271 Å². The molecule has 0 radical (unpaired) electrons. The summed E-state index contributed by atoms with van der Waals surface area (Å²) in [7, 11) is 0. The van der Waals surface area contributed by atoms with Crippen LogP contribution in [-0.2, 0) is 10.8 Å². The van der Waals surface area contributed by atoms with E-state index in [0.717, 1.165) is 45.3 Å². The van der Waals surface area contributed by atoms with Gasteiger partial charge >= 0.3 is 0 Å². The van der Waals surface area contributed by atoms with Gasteiger partial charge in [-0.15, -0.1) is 0 Å². The predicted octanol–water partition coefficient (Wildman–Crippen LogP) is 19.8. The molecule has 75 heavy (non-hydrogen) atoms. The monoisotopic (exact) mass is 959 g/mol. The molecule has 13 aromatic rings. The van der Waals surface area contributed by atoms with Gasteiger partial charge in [-0.1, -0.05) is 155 Å². The Morgan fingerprint density at radius 3 is 1.20 bits per heavy atom. The van der Waals surface area contributed by atoms with Crippen molar-refractivity contribution in [3.63, 3.8) is 0 Å². The molecule has 0 bridgehead atoms. The fraction of sp³-hybridized carbons (Fsp3) is 0.0833. The number of nitrogens with zero attached hydrogens (tertiary/aromatic N) is 3. The standard InChI is InChI=1S/C72H53N3/c1-71(2)65-40-48-20-16-14-18-46(48)37-62(65)59-33-30-56(43-67(59)71)73(52-22-8-5-9-23-52)55-29-28-50-39-64-61-35-32-58(45-70(61)75(54-26-12-7-13-27-54)69(64)42-51(50)36-55)74(53-24-10-6-11-25-53)57-31-34-60-63-38-47-19-15-17-21-49(47)41-66(63)72(3,4)68(60)44-57/h5-45H,1-4H3. The summed E-state index contributed by atoms with van der Waals surface area (Å²) in [6, 6.07) is 92.7. The second-order valence-electron chi connectivity index (χ2n) is 21.8. The Balaban J connectivity index is 0.880. The highest BCUT2D eigenvalue weighted by atomic mass is 15.1. The minimum absolute atomic E-state index is 0.161. The van der Waals surface area contributed by atoms with Crippen LogP contribution in [0.15, 0.2) is 249 Å². The molecule has 1 aromatic heterocycles. The van der Waals surface area contributed by atoms with Crippen molar-refractivity contribution in [2.24, 2.45) is 0 Å². The third-order valence-corrected chi connectivity index (χ3v) is 16.8. The number of hydrogen-bond acceptors (Lipinski definition) is 2. The highest BCUT2D eigenvalue weighted by Crippen LogP contribution is 2.54. The number of para-hydroxylation sites is 3. The molecule has 0 saturated heterocycles. The lowest BCUT2D eigenvalue weighted by molar-refractivity contribution is 0.661. The van der Waals surface area contributed by atoms with E-state index < -0.39 is 0 Å². The Hall–Kier alpha value is -9.18. The topological polar surface area (TPSA) is 11.4 Å². The summed E-state index contributed by atoms with van der Waals surface area (Å²) in [6.07, 6.45) is 0. The number of hydrogen-bond donors (Lipinski definition) is 0. The van der Waals surface area contributed by atoms with Crippen LogP contribution in [0.2, 0.25) is 0 Å². The molecule has 0 unspecified atom stereocenters. The van der Waals surface area contributed by atoms with Gasteiger partial charge in [0.1, 0.15) is 0 Å². The largest absolute Gasteiger partial charge is 0.310 e. The van der Waals surface area contributed by atoms with Gasteiger partial charge in [0.2, 0.25) is 0 Å². The predicted molar refractivity (Wildman–Crippen MR) is 318 cm³/mol. The van der Waals surface area contributed by atoms with E-state index >= 15 is 0 Å². The average Bonchev–Trinajstić information content (AvgIpc) is 3.96. The molecule has 0 atom stereocenters. The fourth-order valence-corrected chi connectivity index (χ4v) is 13.0. The van der Waals surface area contributed by atoms with Gasteiger partial charge in [0, 0.05) is 61.4 Å². The van der Waals surface area contributed by atoms with Crippen LogP contribution in [-0.4, -0.2) is 4.57 Å². The zero-order valence-electron chi connectivity index (χ0n) is 42.5. The first-order chi connectivity index (χ1) is 36.7. The van der Waals surface area contributed by atoms with Crippen molar-refractivity contribution in [2.45, 2.75) is 38.5 Å². The highest BCUT2D eigenvalue weighted by molar-refractivity contribution is 6.15. The second-order valence-corrected chi connectivity index (χ2v) is 21.8. The summed E-state index contributed by atoms with van der Waals surface area (Å²) in [5.41, 5.74) is 20.6. The molecule has 1 heterocycles. The van der Waals surface area contributed by atoms with Crippen molar-refractivity contribution in [1.82, 2.24) is 4.57 Å². The van der Waals surface area contributed by atoms with Crippen LogP contribution >= 0.6 is 0 Å². The molecule has 356 valence electrons. The van der Waals surface area contributed by atoms with Gasteiger partial charge < -0.3 is 14.4 Å². The van der Waals surface area contributed by atoms with Crippen LogP contribution in [0.25, 0.3) is 82.1 Å². The summed E-state index contributed by atoms with van der Waals surface area (Å²) in [5, 5.41) is 9.96. The normalized spacial score (nSPS) is 13.8. The number of rotatable bonds is 7. The van der Waals surface area contributed by atoms with Crippen LogP contribution in [0.5, 0.6) is 0 Å². The van der Waals surface area contributed by atoms with Crippen molar-refractivity contribution in [2.75, 3.05) is 9.80 Å². The van der Waals surface area contributed by atoms with E-state index in [2.05, 4.69) is 291 Å². The van der Waals surface area contributed by atoms with Crippen LogP contribution in [0.1, 0.15) is 49.9 Å². The average molecular weight is 960 g/mol. The Morgan fingerprint density at radius 1 is 0.267 bits per heavy atom. The van der Waals surface area contributed by atoms with Gasteiger partial charge in [0.15, 0.2) is 0 Å². The fourth-order valence-electron chi connectivity index (χ4n) is 13.0. The van der Waals surface area contributed by atoms with Gasteiger partial charge in [-0.25, -0.2) is 0 Å². The van der Waals surface area contributed by atoms with E-state index in [-0.39, 0.29) is 10.8 Å². The van der Waals surface area contributed by atoms with E-state index in [9.17, 15) is 0 Å². The first-order valence-electron chi connectivity index (χ1n) is 26.3. The van der Waals surface area contributed by atoms with Gasteiger partial charge in [-0.2, -0.15) is 0 Å². The summed E-state index contributed by atoms with van der Waals surface area (Å²) in [6.45, 7) is 9.53. The van der Waals surface area contributed by atoms with Gasteiger partial charge in [0.05, 0.1) is 11.0 Å². The third kappa shape index (κ3) is 6.60. The molecular weight excluding hydrogens is 907 g/mol. The van der Waals surface area contributed by atoms with Gasteiger partial charge in [-0.3, -0.25) is 0 Å². The van der Waals surface area contributed by atoms with E-state index in [1.54, 1.807) is 0 Å². The molecule has 0 spiro atoms. The van der Waals surface area contributed by atoms with Gasteiger partial charge in [0.25, 0.3) is 0 Å². The lowest BCUT2D eigenvalue weighted by Crippen LogP contribution is -2.16. The lowest BCUT2D eigenvalue weighted by atomic mass is 9.81. The van der Waals surface area contributed by atoms with Crippen molar-refractivity contribution in [1.29, 1.82) is 0 Å². The molecule has 0 amide bonds. The molecule has 2 aliphatic rings. The molecular formula is C72H53N3. The molecule has 0 fully saturated rings. The van der Waals surface area contributed by atoms with Crippen molar-refractivity contribution >= 4 is 88.2 Å². The van der Waals surface area contributed by atoms with E-state index in [1.807, 2.05) is 0 Å². The molecule has 3 heteroatoms. The van der Waals surface area contributed by atoms with Crippen LogP contribution in [0.4, 0.5) is 34.1 Å². The molecule has 15 rings (SSSR count). The Morgan fingerprint density at radius 2 is 0.667 bits per heavy atom. The number of anilines is 6. The van der Waals surface area contributed by atoms with Crippen molar-refractivity contribution in [3.8, 4) is 27.9 Å². The Bertz CT molecular complexity index is 4470.